The summed E-state index contributed by atoms with van der Waals surface area (Å²) in [5.74, 6) is 1.88. The number of rotatable bonds is 6. The summed E-state index contributed by atoms with van der Waals surface area (Å²) >= 11 is 1.42. The molecule has 1 heterocycles. The molecule has 0 spiro atoms. The van der Waals surface area contributed by atoms with E-state index in [1.165, 1.54) is 11.3 Å². The molecule has 25 heavy (non-hydrogen) atoms. The number of thiophene rings is 1. The van der Waals surface area contributed by atoms with Gasteiger partial charge >= 0.3 is 0 Å². The Balaban J connectivity index is 1.96. The molecule has 0 aliphatic rings. The Morgan fingerprint density at radius 1 is 0.880 bits per heavy atom. The van der Waals surface area contributed by atoms with Crippen LogP contribution in [0.5, 0.6) is 17.2 Å². The molecule has 3 aromatic rings. The van der Waals surface area contributed by atoms with Crippen molar-refractivity contribution in [1.29, 1.82) is 0 Å². The quantitative estimate of drug-likeness (QED) is 0.470. The van der Waals surface area contributed by atoms with Gasteiger partial charge in [0, 0.05) is 16.3 Å². The summed E-state index contributed by atoms with van der Waals surface area (Å²) in [5.41, 5.74) is 1.08. The molecular weight excluding hydrogens is 336 g/mol. The van der Waals surface area contributed by atoms with Crippen molar-refractivity contribution in [2.45, 2.75) is 0 Å². The maximum Gasteiger partial charge on any atom is 0.202 e. The summed E-state index contributed by atoms with van der Waals surface area (Å²) in [6.45, 7) is 3.98. The van der Waals surface area contributed by atoms with Crippen molar-refractivity contribution in [1.82, 2.24) is 0 Å². The molecule has 0 atom stereocenters. The van der Waals surface area contributed by atoms with Crippen LogP contribution in [0.1, 0.15) is 15.2 Å². The zero-order valence-corrected chi connectivity index (χ0v) is 15.1. The molecule has 0 amide bonds. The molecule has 0 aliphatic heterocycles. The second-order valence-electron chi connectivity index (χ2n) is 5.42. The van der Waals surface area contributed by atoms with E-state index in [2.05, 4.69) is 6.58 Å². The number of Topliss-reactive ketones (excluding diaryl/α,β-unsaturated/α-hetero) is 1. The van der Waals surface area contributed by atoms with Gasteiger partial charge in [-0.25, -0.2) is 0 Å². The Hall–Kier alpha value is -2.79. The van der Waals surface area contributed by atoms with Crippen LogP contribution < -0.4 is 14.2 Å². The summed E-state index contributed by atoms with van der Waals surface area (Å²) in [4.78, 5) is 13.5. The number of fused-ring (bicyclic) bond motifs is 1. The highest BCUT2D eigenvalue weighted by molar-refractivity contribution is 7.21. The maximum absolute atomic E-state index is 12.9. The standard InChI is InChI=1S/C20H18O4S/c1-12(14-7-16(23-3)10-17(8-14)24-4)20(21)19-9-13-5-6-15(22-2)11-18(13)25-19/h5-11H,1H2,2-4H3. The fourth-order valence-corrected chi connectivity index (χ4v) is 3.57. The van der Waals surface area contributed by atoms with Gasteiger partial charge in [0.25, 0.3) is 0 Å². The smallest absolute Gasteiger partial charge is 0.202 e. The minimum Gasteiger partial charge on any atom is -0.497 e. The number of carbonyl (C=O) groups excluding carboxylic acids is 1. The van der Waals surface area contributed by atoms with E-state index in [1.54, 1.807) is 39.5 Å². The van der Waals surface area contributed by atoms with Gasteiger partial charge in [0.15, 0.2) is 0 Å². The molecule has 0 saturated heterocycles. The molecular formula is C20H18O4S. The average Bonchev–Trinajstić information content (AvgIpc) is 3.09. The number of hydrogen-bond acceptors (Lipinski definition) is 5. The number of methoxy groups -OCH3 is 3. The van der Waals surface area contributed by atoms with Gasteiger partial charge in [-0.2, -0.15) is 0 Å². The fourth-order valence-electron chi connectivity index (χ4n) is 2.51. The van der Waals surface area contributed by atoms with E-state index in [-0.39, 0.29) is 5.78 Å². The number of ketones is 1. The van der Waals surface area contributed by atoms with E-state index < -0.39 is 0 Å². The lowest BCUT2D eigenvalue weighted by Crippen LogP contribution is -2.00. The lowest BCUT2D eigenvalue weighted by Gasteiger charge is -2.09. The van der Waals surface area contributed by atoms with Crippen molar-refractivity contribution >= 4 is 32.8 Å². The van der Waals surface area contributed by atoms with E-state index in [1.807, 2.05) is 24.3 Å². The van der Waals surface area contributed by atoms with Crippen LogP contribution in [0.3, 0.4) is 0 Å². The minimum absolute atomic E-state index is 0.115. The Labute approximate surface area is 150 Å². The Kier molecular flexibility index (Phi) is 4.76. The second-order valence-corrected chi connectivity index (χ2v) is 6.51. The third-order valence-electron chi connectivity index (χ3n) is 3.93. The van der Waals surface area contributed by atoms with Crippen LogP contribution in [-0.4, -0.2) is 27.1 Å². The van der Waals surface area contributed by atoms with E-state index in [4.69, 9.17) is 14.2 Å². The molecule has 3 rings (SSSR count). The van der Waals surface area contributed by atoms with E-state index in [9.17, 15) is 4.79 Å². The van der Waals surface area contributed by atoms with Crippen molar-refractivity contribution in [2.75, 3.05) is 21.3 Å². The molecule has 1 aromatic heterocycles. The number of allylic oxidation sites excluding steroid dienone is 1. The predicted octanol–water partition coefficient (Wildman–Crippen LogP) is 4.82. The molecule has 2 aromatic carbocycles. The number of hydrogen-bond donors (Lipinski definition) is 0. The third-order valence-corrected chi connectivity index (χ3v) is 5.02. The predicted molar refractivity (Wildman–Crippen MR) is 101 cm³/mol. The monoisotopic (exact) mass is 354 g/mol. The molecule has 0 unspecified atom stereocenters. The van der Waals surface area contributed by atoms with Gasteiger partial charge < -0.3 is 14.2 Å². The maximum atomic E-state index is 12.9. The Morgan fingerprint density at radius 3 is 2.12 bits per heavy atom. The third kappa shape index (κ3) is 3.37. The lowest BCUT2D eigenvalue weighted by atomic mass is 10.0. The highest BCUT2D eigenvalue weighted by atomic mass is 32.1. The largest absolute Gasteiger partial charge is 0.497 e. The van der Waals surface area contributed by atoms with Crippen LogP contribution in [0.4, 0.5) is 0 Å². The first-order chi connectivity index (χ1) is 12.0. The van der Waals surface area contributed by atoms with Crippen molar-refractivity contribution in [3.8, 4) is 17.2 Å². The molecule has 0 saturated carbocycles. The number of ether oxygens (including phenoxy) is 3. The summed E-state index contributed by atoms with van der Waals surface area (Å²) < 4.78 is 16.8. The fraction of sp³-hybridized carbons (Fsp3) is 0.150. The van der Waals surface area contributed by atoms with Crippen LogP contribution in [0.25, 0.3) is 15.7 Å². The van der Waals surface area contributed by atoms with Crippen molar-refractivity contribution in [3.05, 3.63) is 59.5 Å². The first-order valence-corrected chi connectivity index (χ1v) is 8.42. The zero-order valence-electron chi connectivity index (χ0n) is 14.3. The Morgan fingerprint density at radius 2 is 1.52 bits per heavy atom. The molecule has 4 nitrogen and oxygen atoms in total. The van der Waals surface area contributed by atoms with Gasteiger partial charge in [-0.15, -0.1) is 11.3 Å². The summed E-state index contributed by atoms with van der Waals surface area (Å²) in [6.07, 6.45) is 0. The van der Waals surface area contributed by atoms with Crippen LogP contribution >= 0.6 is 11.3 Å². The van der Waals surface area contributed by atoms with Crippen LogP contribution in [0.15, 0.2) is 49.0 Å². The average molecular weight is 354 g/mol. The van der Waals surface area contributed by atoms with Crippen molar-refractivity contribution < 1.29 is 19.0 Å². The summed E-state index contributed by atoms with van der Waals surface area (Å²) in [6, 6.07) is 12.9. The summed E-state index contributed by atoms with van der Waals surface area (Å²) in [5, 5.41) is 1.00. The van der Waals surface area contributed by atoms with Gasteiger partial charge in [-0.05, 0) is 47.3 Å². The SMILES string of the molecule is C=C(C(=O)c1cc2ccc(OC)cc2s1)c1cc(OC)cc(OC)c1. The lowest BCUT2D eigenvalue weighted by molar-refractivity contribution is 0.106. The highest BCUT2D eigenvalue weighted by Crippen LogP contribution is 2.33. The van der Waals surface area contributed by atoms with E-state index >= 15 is 0 Å². The second kappa shape index (κ2) is 6.99. The molecule has 0 aliphatic carbocycles. The van der Waals surface area contributed by atoms with Crippen LogP contribution in [-0.2, 0) is 0 Å². The molecule has 0 N–H and O–H groups in total. The highest BCUT2D eigenvalue weighted by Gasteiger charge is 2.17. The first kappa shape index (κ1) is 17.0. The minimum atomic E-state index is -0.115. The van der Waals surface area contributed by atoms with Gasteiger partial charge in [-0.3, -0.25) is 4.79 Å². The molecule has 128 valence electrons. The topological polar surface area (TPSA) is 44.8 Å². The number of carbonyl (C=O) groups is 1. The van der Waals surface area contributed by atoms with Gasteiger partial charge in [0.2, 0.25) is 5.78 Å². The zero-order chi connectivity index (χ0) is 18.0. The number of benzene rings is 2. The molecule has 0 fully saturated rings. The molecule has 5 heteroatoms. The van der Waals surface area contributed by atoms with E-state index in [0.29, 0.717) is 27.5 Å². The van der Waals surface area contributed by atoms with E-state index in [0.717, 1.165) is 15.8 Å². The van der Waals surface area contributed by atoms with Gasteiger partial charge in [0.05, 0.1) is 26.2 Å². The molecule has 0 bridgehead atoms. The van der Waals surface area contributed by atoms with Gasteiger partial charge in [-0.1, -0.05) is 6.58 Å². The van der Waals surface area contributed by atoms with Gasteiger partial charge in [0.1, 0.15) is 17.2 Å². The van der Waals surface area contributed by atoms with Crippen molar-refractivity contribution in [2.24, 2.45) is 0 Å². The van der Waals surface area contributed by atoms with Crippen LogP contribution in [0, 0.1) is 0 Å². The Bertz CT molecular complexity index is 933. The first-order valence-electron chi connectivity index (χ1n) is 7.60. The summed E-state index contributed by atoms with van der Waals surface area (Å²) in [7, 11) is 4.77. The van der Waals surface area contributed by atoms with Crippen LogP contribution in [0.2, 0.25) is 0 Å². The normalized spacial score (nSPS) is 10.5. The molecule has 0 radical (unpaired) electrons. The van der Waals surface area contributed by atoms with Crippen molar-refractivity contribution in [3.63, 3.8) is 0 Å².